The number of carbonyl (C=O) groups excluding carboxylic acids is 1. The van der Waals surface area contributed by atoms with Crippen LogP contribution in [0.3, 0.4) is 0 Å². The lowest BCUT2D eigenvalue weighted by Crippen LogP contribution is -2.34. The van der Waals surface area contributed by atoms with Crippen molar-refractivity contribution in [2.24, 2.45) is 0 Å². The highest BCUT2D eigenvalue weighted by Crippen LogP contribution is 2.18. The summed E-state index contributed by atoms with van der Waals surface area (Å²) in [6, 6.07) is 8.05. The molecule has 0 aliphatic carbocycles. The van der Waals surface area contributed by atoms with Crippen molar-refractivity contribution in [1.82, 2.24) is 15.2 Å². The second kappa shape index (κ2) is 5.51. The van der Waals surface area contributed by atoms with E-state index < -0.39 is 0 Å². The molecule has 2 N–H and O–H groups in total. The molecule has 0 saturated carbocycles. The molecule has 1 aliphatic heterocycles. The Morgan fingerprint density at radius 1 is 1.40 bits per heavy atom. The van der Waals surface area contributed by atoms with Crippen LogP contribution in [0.2, 0.25) is 0 Å². The van der Waals surface area contributed by atoms with E-state index in [4.69, 9.17) is 0 Å². The van der Waals surface area contributed by atoms with Crippen LogP contribution >= 0.6 is 0 Å². The highest BCUT2D eigenvalue weighted by molar-refractivity contribution is 5.89. The van der Waals surface area contributed by atoms with Crippen LogP contribution in [0.5, 0.6) is 0 Å². The molecule has 0 spiro atoms. The number of hydrogen-bond acceptors (Lipinski definition) is 2. The summed E-state index contributed by atoms with van der Waals surface area (Å²) in [7, 11) is 2.07. The topological polar surface area (TPSA) is 48.1 Å². The van der Waals surface area contributed by atoms with Crippen LogP contribution in [0.1, 0.15) is 12.0 Å². The summed E-state index contributed by atoms with van der Waals surface area (Å²) in [4.78, 5) is 17.6. The van der Waals surface area contributed by atoms with E-state index in [-0.39, 0.29) is 5.91 Å². The molecular weight excluding hydrogens is 250 g/mol. The molecule has 0 saturated heterocycles. The van der Waals surface area contributed by atoms with Gasteiger partial charge in [0.2, 0.25) is 5.91 Å². The monoisotopic (exact) mass is 269 g/mol. The number of hydrogen-bond donors (Lipinski definition) is 2. The van der Waals surface area contributed by atoms with Crippen LogP contribution in [0, 0.1) is 0 Å². The average molecular weight is 269 g/mol. The zero-order valence-corrected chi connectivity index (χ0v) is 11.6. The number of aromatic amines is 1. The lowest BCUT2D eigenvalue weighted by Gasteiger charge is -2.23. The van der Waals surface area contributed by atoms with E-state index in [1.54, 1.807) is 0 Å². The van der Waals surface area contributed by atoms with Gasteiger partial charge < -0.3 is 15.2 Å². The zero-order chi connectivity index (χ0) is 13.9. The third-order valence-corrected chi connectivity index (χ3v) is 3.67. The van der Waals surface area contributed by atoms with Gasteiger partial charge in [-0.3, -0.25) is 4.79 Å². The van der Waals surface area contributed by atoms with Crippen molar-refractivity contribution in [3.63, 3.8) is 0 Å². The fourth-order valence-electron chi connectivity index (χ4n) is 2.66. The Bertz CT molecular complexity index is 657. The van der Waals surface area contributed by atoms with E-state index in [1.807, 2.05) is 30.5 Å². The number of para-hydroxylation sites is 1. The molecule has 1 aromatic heterocycles. The molecule has 3 rings (SSSR count). The maximum atomic E-state index is 12.1. The molecular formula is C16H19N3O. The second-order valence-corrected chi connectivity index (χ2v) is 5.34. The molecule has 2 aromatic rings. The molecule has 4 nitrogen and oxygen atoms in total. The summed E-state index contributed by atoms with van der Waals surface area (Å²) in [5.74, 6) is 0.0521. The van der Waals surface area contributed by atoms with Gasteiger partial charge in [0.1, 0.15) is 0 Å². The van der Waals surface area contributed by atoms with Crippen LogP contribution in [0.4, 0.5) is 0 Å². The predicted molar refractivity (Wildman–Crippen MR) is 80.3 cm³/mol. The van der Waals surface area contributed by atoms with Crippen molar-refractivity contribution in [2.45, 2.75) is 12.8 Å². The highest BCUT2D eigenvalue weighted by Gasteiger charge is 2.13. The summed E-state index contributed by atoms with van der Waals surface area (Å²) in [5, 5.41) is 4.14. The van der Waals surface area contributed by atoms with Gasteiger partial charge in [-0.25, -0.2) is 0 Å². The summed E-state index contributed by atoms with van der Waals surface area (Å²) >= 11 is 0. The SMILES string of the molecule is CN1CCC=C(NC(=O)Cc2c[nH]c3ccccc23)C1. The Labute approximate surface area is 118 Å². The lowest BCUT2D eigenvalue weighted by atomic mass is 10.1. The Morgan fingerprint density at radius 2 is 2.25 bits per heavy atom. The fourth-order valence-corrected chi connectivity index (χ4v) is 2.66. The van der Waals surface area contributed by atoms with Crippen molar-refractivity contribution in [1.29, 1.82) is 0 Å². The summed E-state index contributed by atoms with van der Waals surface area (Å²) < 4.78 is 0. The molecule has 0 radical (unpaired) electrons. The molecule has 2 heterocycles. The molecule has 0 bridgehead atoms. The molecule has 1 aliphatic rings. The van der Waals surface area contributed by atoms with Crippen LogP contribution in [-0.4, -0.2) is 35.9 Å². The van der Waals surface area contributed by atoms with Gasteiger partial charge in [-0.2, -0.15) is 0 Å². The molecule has 104 valence electrons. The van der Waals surface area contributed by atoms with Crippen molar-refractivity contribution in [3.05, 3.63) is 47.8 Å². The number of nitrogens with one attached hydrogen (secondary N) is 2. The molecule has 20 heavy (non-hydrogen) atoms. The smallest absolute Gasteiger partial charge is 0.228 e. The average Bonchev–Trinajstić information content (AvgIpc) is 2.82. The highest BCUT2D eigenvalue weighted by atomic mass is 16.1. The summed E-state index contributed by atoms with van der Waals surface area (Å²) in [6.07, 6.45) is 5.45. The first-order valence-electron chi connectivity index (χ1n) is 6.95. The van der Waals surface area contributed by atoms with E-state index in [0.29, 0.717) is 6.42 Å². The Balaban J connectivity index is 1.68. The summed E-state index contributed by atoms with van der Waals surface area (Å²) in [6.45, 7) is 1.88. The Kier molecular flexibility index (Phi) is 3.56. The largest absolute Gasteiger partial charge is 0.361 e. The minimum atomic E-state index is 0.0521. The molecule has 1 aromatic carbocycles. The third kappa shape index (κ3) is 2.75. The maximum absolute atomic E-state index is 12.1. The van der Waals surface area contributed by atoms with Gasteiger partial charge in [0.15, 0.2) is 0 Å². The maximum Gasteiger partial charge on any atom is 0.228 e. The number of amides is 1. The fraction of sp³-hybridized carbons (Fsp3) is 0.312. The van der Waals surface area contributed by atoms with Gasteiger partial charge in [0.05, 0.1) is 6.42 Å². The van der Waals surface area contributed by atoms with Crippen molar-refractivity contribution in [2.75, 3.05) is 20.1 Å². The zero-order valence-electron chi connectivity index (χ0n) is 11.6. The Morgan fingerprint density at radius 3 is 3.10 bits per heavy atom. The normalized spacial score (nSPS) is 16.1. The number of likely N-dealkylation sites (N-methyl/N-ethyl adjacent to an activating group) is 1. The van der Waals surface area contributed by atoms with Crippen molar-refractivity contribution < 1.29 is 4.79 Å². The lowest BCUT2D eigenvalue weighted by molar-refractivity contribution is -0.119. The number of benzene rings is 1. The van der Waals surface area contributed by atoms with Gasteiger partial charge in [-0.05, 0) is 25.1 Å². The van der Waals surface area contributed by atoms with E-state index in [0.717, 1.165) is 41.7 Å². The number of rotatable bonds is 3. The predicted octanol–water partition coefficient (Wildman–Crippen LogP) is 2.05. The van der Waals surface area contributed by atoms with E-state index in [1.165, 1.54) is 0 Å². The third-order valence-electron chi connectivity index (χ3n) is 3.67. The first-order chi connectivity index (χ1) is 9.72. The molecule has 4 heteroatoms. The molecule has 1 amide bonds. The van der Waals surface area contributed by atoms with Crippen molar-refractivity contribution >= 4 is 16.8 Å². The number of nitrogens with zero attached hydrogens (tertiary/aromatic N) is 1. The van der Waals surface area contributed by atoms with Crippen LogP contribution < -0.4 is 5.32 Å². The van der Waals surface area contributed by atoms with Crippen LogP contribution in [0.25, 0.3) is 10.9 Å². The minimum Gasteiger partial charge on any atom is -0.361 e. The number of carbonyl (C=O) groups is 1. The van der Waals surface area contributed by atoms with Crippen LogP contribution in [0.15, 0.2) is 42.2 Å². The number of fused-ring (bicyclic) bond motifs is 1. The van der Waals surface area contributed by atoms with Crippen molar-refractivity contribution in [3.8, 4) is 0 Å². The van der Waals surface area contributed by atoms with E-state index in [2.05, 4.69) is 28.3 Å². The van der Waals surface area contributed by atoms with Gasteiger partial charge in [0.25, 0.3) is 0 Å². The first-order valence-corrected chi connectivity index (χ1v) is 6.95. The molecule has 0 atom stereocenters. The first kappa shape index (κ1) is 12.9. The second-order valence-electron chi connectivity index (χ2n) is 5.34. The minimum absolute atomic E-state index is 0.0521. The Hall–Kier alpha value is -2.07. The van der Waals surface area contributed by atoms with Gasteiger partial charge in [-0.15, -0.1) is 0 Å². The molecule has 0 unspecified atom stereocenters. The van der Waals surface area contributed by atoms with Gasteiger partial charge in [0, 0.05) is 35.9 Å². The van der Waals surface area contributed by atoms with Gasteiger partial charge >= 0.3 is 0 Å². The quantitative estimate of drug-likeness (QED) is 0.896. The standard InChI is InChI=1S/C16H19N3O/c1-19-8-4-5-13(11-19)18-16(20)9-12-10-17-15-7-3-2-6-14(12)15/h2-3,5-7,10,17H,4,8-9,11H2,1H3,(H,18,20). The van der Waals surface area contributed by atoms with Gasteiger partial charge in [-0.1, -0.05) is 24.3 Å². The van der Waals surface area contributed by atoms with E-state index in [9.17, 15) is 4.79 Å². The number of aromatic nitrogens is 1. The molecule has 0 fully saturated rings. The van der Waals surface area contributed by atoms with Crippen LogP contribution in [-0.2, 0) is 11.2 Å². The number of H-pyrrole nitrogens is 1. The van der Waals surface area contributed by atoms with E-state index >= 15 is 0 Å². The summed E-state index contributed by atoms with van der Waals surface area (Å²) in [5.41, 5.74) is 3.14.